The number of halogens is 1. The monoisotopic (exact) mass is 399 g/mol. The molecule has 0 atom stereocenters. The summed E-state index contributed by atoms with van der Waals surface area (Å²) in [5, 5.41) is 0.650. The number of methoxy groups -OCH3 is 1. The zero-order valence-electron chi connectivity index (χ0n) is 15.9. The second-order valence-corrected chi connectivity index (χ2v) is 6.74. The summed E-state index contributed by atoms with van der Waals surface area (Å²) in [7, 11) is 3.36. The number of hydrogen-bond acceptors (Lipinski definition) is 4. The zero-order valence-corrected chi connectivity index (χ0v) is 16.6. The molecule has 0 N–H and O–H groups in total. The number of benzene rings is 2. The SMILES string of the molecule is COc1ccc(OCCN(C)C(=O)/C=C/C2=Cc3cc(Cl)ccc3OC2)cc1. The molecule has 1 amide bonds. The third-order valence-corrected chi connectivity index (χ3v) is 4.51. The maximum absolute atomic E-state index is 12.3. The smallest absolute Gasteiger partial charge is 0.246 e. The number of fused-ring (bicyclic) bond motifs is 1. The van der Waals surface area contributed by atoms with Crippen LogP contribution < -0.4 is 14.2 Å². The Morgan fingerprint density at radius 2 is 1.96 bits per heavy atom. The molecule has 0 spiro atoms. The van der Waals surface area contributed by atoms with Crippen molar-refractivity contribution in [3.63, 3.8) is 0 Å². The van der Waals surface area contributed by atoms with E-state index in [2.05, 4.69) is 0 Å². The first-order valence-corrected chi connectivity index (χ1v) is 9.26. The average molecular weight is 400 g/mol. The standard InChI is InChI=1S/C22H22ClNO4/c1-24(11-12-27-20-7-5-19(26-2)6-8-20)22(25)10-3-16-13-17-14-18(23)4-9-21(17)28-15-16/h3-10,13-14H,11-12,15H2,1-2H3/b10-3+. The number of amides is 1. The van der Waals surface area contributed by atoms with Gasteiger partial charge >= 0.3 is 0 Å². The van der Waals surface area contributed by atoms with Crippen molar-refractivity contribution in [2.45, 2.75) is 0 Å². The lowest BCUT2D eigenvalue weighted by Gasteiger charge is -2.17. The molecule has 146 valence electrons. The minimum absolute atomic E-state index is 0.101. The van der Waals surface area contributed by atoms with E-state index in [-0.39, 0.29) is 5.91 Å². The third kappa shape index (κ3) is 5.30. The summed E-state index contributed by atoms with van der Waals surface area (Å²) in [4.78, 5) is 13.9. The average Bonchev–Trinajstić information content (AvgIpc) is 2.72. The van der Waals surface area contributed by atoms with Crippen LogP contribution in [0.3, 0.4) is 0 Å². The Morgan fingerprint density at radius 3 is 2.71 bits per heavy atom. The van der Waals surface area contributed by atoms with Crippen molar-refractivity contribution in [3.05, 3.63) is 70.8 Å². The van der Waals surface area contributed by atoms with Crippen molar-refractivity contribution in [2.24, 2.45) is 0 Å². The first-order valence-electron chi connectivity index (χ1n) is 8.88. The van der Waals surface area contributed by atoms with Gasteiger partial charge in [-0.1, -0.05) is 17.7 Å². The Balaban J connectivity index is 1.49. The van der Waals surface area contributed by atoms with Crippen LogP contribution in [0.5, 0.6) is 17.2 Å². The van der Waals surface area contributed by atoms with Gasteiger partial charge < -0.3 is 19.1 Å². The molecule has 1 heterocycles. The van der Waals surface area contributed by atoms with E-state index in [1.54, 1.807) is 31.2 Å². The van der Waals surface area contributed by atoms with Gasteiger partial charge in [0.2, 0.25) is 5.91 Å². The lowest BCUT2D eigenvalue weighted by atomic mass is 10.1. The summed E-state index contributed by atoms with van der Waals surface area (Å²) < 4.78 is 16.4. The van der Waals surface area contributed by atoms with Gasteiger partial charge in [-0.05, 0) is 54.1 Å². The molecule has 3 rings (SSSR count). The van der Waals surface area contributed by atoms with Gasteiger partial charge in [-0.25, -0.2) is 0 Å². The van der Waals surface area contributed by atoms with Crippen molar-refractivity contribution >= 4 is 23.6 Å². The van der Waals surface area contributed by atoms with Gasteiger partial charge in [0.15, 0.2) is 0 Å². The second-order valence-electron chi connectivity index (χ2n) is 6.31. The lowest BCUT2D eigenvalue weighted by Crippen LogP contribution is -2.29. The fourth-order valence-corrected chi connectivity index (χ4v) is 2.83. The molecule has 6 heteroatoms. The molecule has 0 unspecified atom stereocenters. The summed E-state index contributed by atoms with van der Waals surface area (Å²) in [6.07, 6.45) is 5.28. The van der Waals surface area contributed by atoms with Crippen LogP contribution in [-0.2, 0) is 4.79 Å². The maximum atomic E-state index is 12.3. The number of carbonyl (C=O) groups excluding carboxylic acids is 1. The molecule has 28 heavy (non-hydrogen) atoms. The zero-order chi connectivity index (χ0) is 19.9. The van der Waals surface area contributed by atoms with Crippen LogP contribution in [0.15, 0.2) is 60.2 Å². The molecule has 0 saturated carbocycles. The number of hydrogen-bond donors (Lipinski definition) is 0. The summed E-state index contributed by atoms with van der Waals surface area (Å²) in [6.45, 7) is 1.30. The number of rotatable bonds is 7. The van der Waals surface area contributed by atoms with E-state index < -0.39 is 0 Å². The predicted molar refractivity (Wildman–Crippen MR) is 110 cm³/mol. The number of likely N-dealkylation sites (N-methyl/N-ethyl adjacent to an activating group) is 1. The Morgan fingerprint density at radius 1 is 1.21 bits per heavy atom. The van der Waals surface area contributed by atoms with Gasteiger partial charge in [0.25, 0.3) is 0 Å². The van der Waals surface area contributed by atoms with Crippen LogP contribution in [0.2, 0.25) is 5.02 Å². The van der Waals surface area contributed by atoms with E-state index in [0.29, 0.717) is 24.8 Å². The highest BCUT2D eigenvalue weighted by atomic mass is 35.5. The Kier molecular flexibility index (Phi) is 6.61. The molecule has 0 saturated heterocycles. The van der Waals surface area contributed by atoms with Crippen LogP contribution in [-0.4, -0.2) is 44.7 Å². The molecule has 2 aromatic rings. The fourth-order valence-electron chi connectivity index (χ4n) is 2.65. The van der Waals surface area contributed by atoms with Crippen molar-refractivity contribution < 1.29 is 19.0 Å². The fraction of sp³-hybridized carbons (Fsp3) is 0.227. The quantitative estimate of drug-likeness (QED) is 0.654. The van der Waals surface area contributed by atoms with Crippen molar-refractivity contribution in [2.75, 3.05) is 33.9 Å². The second kappa shape index (κ2) is 9.33. The number of nitrogens with zero attached hydrogens (tertiary/aromatic N) is 1. The van der Waals surface area contributed by atoms with E-state index >= 15 is 0 Å². The van der Waals surface area contributed by atoms with Crippen LogP contribution in [0.25, 0.3) is 6.08 Å². The molecule has 0 aliphatic carbocycles. The molecule has 0 fully saturated rings. The van der Waals surface area contributed by atoms with Gasteiger partial charge in [0, 0.05) is 23.7 Å². The van der Waals surface area contributed by atoms with E-state index in [0.717, 1.165) is 28.4 Å². The highest BCUT2D eigenvalue weighted by molar-refractivity contribution is 6.30. The van der Waals surface area contributed by atoms with E-state index in [9.17, 15) is 4.79 Å². The van der Waals surface area contributed by atoms with Gasteiger partial charge in [0.05, 0.1) is 13.7 Å². The Hall–Kier alpha value is -2.92. The topological polar surface area (TPSA) is 48.0 Å². The predicted octanol–water partition coefficient (Wildman–Crippen LogP) is 4.22. The first kappa shape index (κ1) is 19.8. The van der Waals surface area contributed by atoms with Gasteiger partial charge in [-0.3, -0.25) is 4.79 Å². The number of ether oxygens (including phenoxy) is 3. The summed E-state index contributed by atoms with van der Waals surface area (Å²) in [5.74, 6) is 2.20. The first-order chi connectivity index (χ1) is 13.5. The minimum atomic E-state index is -0.101. The van der Waals surface area contributed by atoms with Crippen LogP contribution >= 0.6 is 11.6 Å². The summed E-state index contributed by atoms with van der Waals surface area (Å²) in [6, 6.07) is 12.8. The van der Waals surface area contributed by atoms with Gasteiger partial charge in [-0.2, -0.15) is 0 Å². The van der Waals surface area contributed by atoms with Crippen LogP contribution in [0.1, 0.15) is 5.56 Å². The normalized spacial score (nSPS) is 12.8. The molecule has 2 aromatic carbocycles. The highest BCUT2D eigenvalue weighted by Crippen LogP contribution is 2.29. The summed E-state index contributed by atoms with van der Waals surface area (Å²) >= 11 is 6.02. The molecular formula is C22H22ClNO4. The van der Waals surface area contributed by atoms with Crippen molar-refractivity contribution in [1.82, 2.24) is 4.90 Å². The van der Waals surface area contributed by atoms with Crippen molar-refractivity contribution in [1.29, 1.82) is 0 Å². The highest BCUT2D eigenvalue weighted by Gasteiger charge is 2.11. The molecule has 0 radical (unpaired) electrons. The van der Waals surface area contributed by atoms with Crippen molar-refractivity contribution in [3.8, 4) is 17.2 Å². The Labute approximate surface area is 169 Å². The third-order valence-electron chi connectivity index (χ3n) is 4.28. The van der Waals surface area contributed by atoms with Crippen LogP contribution in [0.4, 0.5) is 0 Å². The van der Waals surface area contributed by atoms with Gasteiger partial charge in [-0.15, -0.1) is 0 Å². The minimum Gasteiger partial charge on any atom is -0.497 e. The Bertz CT molecular complexity index is 890. The molecular weight excluding hydrogens is 378 g/mol. The summed E-state index contributed by atoms with van der Waals surface area (Å²) in [5.41, 5.74) is 1.82. The molecule has 1 aliphatic rings. The largest absolute Gasteiger partial charge is 0.497 e. The maximum Gasteiger partial charge on any atom is 0.246 e. The van der Waals surface area contributed by atoms with E-state index in [1.807, 2.05) is 42.5 Å². The lowest BCUT2D eigenvalue weighted by molar-refractivity contribution is -0.125. The molecule has 1 aliphatic heterocycles. The van der Waals surface area contributed by atoms with Crippen LogP contribution in [0, 0.1) is 0 Å². The van der Waals surface area contributed by atoms with E-state index in [1.165, 1.54) is 6.08 Å². The molecule has 0 bridgehead atoms. The number of carbonyl (C=O) groups is 1. The molecule has 0 aromatic heterocycles. The molecule has 5 nitrogen and oxygen atoms in total. The van der Waals surface area contributed by atoms with Gasteiger partial charge in [0.1, 0.15) is 30.5 Å². The van der Waals surface area contributed by atoms with E-state index in [4.69, 9.17) is 25.8 Å².